The number of anilines is 1. The molecule has 2 unspecified atom stereocenters. The highest BCUT2D eigenvalue weighted by atomic mass is 19.1. The molecule has 0 aliphatic carbocycles. The third kappa shape index (κ3) is 15.7. The molecular formula is C38H63FN6O8. The molecule has 2 aromatic heterocycles. The van der Waals surface area contributed by atoms with E-state index in [1.807, 2.05) is 0 Å². The van der Waals surface area contributed by atoms with Crippen molar-refractivity contribution < 1.29 is 37.7 Å². The number of aromatic amines is 1. The van der Waals surface area contributed by atoms with Crippen LogP contribution in [0.3, 0.4) is 0 Å². The second kappa shape index (κ2) is 23.9. The Morgan fingerprint density at radius 2 is 1.55 bits per heavy atom. The number of halogens is 1. The van der Waals surface area contributed by atoms with E-state index in [1.165, 1.54) is 81.5 Å². The fourth-order valence-electron chi connectivity index (χ4n) is 6.29. The van der Waals surface area contributed by atoms with Crippen LogP contribution in [-0.4, -0.2) is 75.1 Å². The van der Waals surface area contributed by atoms with Gasteiger partial charge >= 0.3 is 17.9 Å². The first-order chi connectivity index (χ1) is 25.5. The maximum absolute atomic E-state index is 14.9. The summed E-state index contributed by atoms with van der Waals surface area (Å²) in [5.74, 6) is -1.98. The summed E-state index contributed by atoms with van der Waals surface area (Å²) in [6, 6.07) is -0.838. The number of imidazole rings is 1. The topological polar surface area (TPSA) is 204 Å². The number of fused-ring (bicyclic) bond motifs is 1. The smallest absolute Gasteiger partial charge is 0.323 e. The van der Waals surface area contributed by atoms with Gasteiger partial charge in [-0.3, -0.25) is 28.7 Å². The number of H-pyrrole nitrogens is 1. The van der Waals surface area contributed by atoms with E-state index < -0.39 is 54.1 Å². The molecule has 0 saturated carbocycles. The molecule has 14 nitrogen and oxygen atoms in total. The molecule has 1 fully saturated rings. The first-order valence-electron chi connectivity index (χ1n) is 19.8. The van der Waals surface area contributed by atoms with E-state index in [1.54, 1.807) is 13.8 Å². The first kappa shape index (κ1) is 43.8. The molecule has 0 amide bonds. The van der Waals surface area contributed by atoms with E-state index >= 15 is 0 Å². The molecule has 0 aromatic carbocycles. The van der Waals surface area contributed by atoms with Gasteiger partial charge in [-0.15, -0.1) is 0 Å². The lowest BCUT2D eigenvalue weighted by atomic mass is 10.0. The van der Waals surface area contributed by atoms with E-state index in [-0.39, 0.29) is 61.9 Å². The van der Waals surface area contributed by atoms with Crippen molar-refractivity contribution in [2.75, 3.05) is 18.9 Å². The van der Waals surface area contributed by atoms with Crippen molar-refractivity contribution >= 4 is 35.0 Å². The van der Waals surface area contributed by atoms with Crippen LogP contribution in [0, 0.1) is 5.92 Å². The van der Waals surface area contributed by atoms with Crippen molar-refractivity contribution in [1.29, 1.82) is 0 Å². The number of alkyl halides is 1. The standard InChI is InChI=1S/C38H63FN6O8/c1-4-5-6-7-8-9-10-11-12-13-14-15-16-17-18-19-32(47)52-27(23-51-37(49)33(40)26(2)3)20-21-31(46)50-24-29-28(39)22-30(53-29)45-25-42-34-35(45)43-38(41)44-36(34)48/h25-30,33H,4-24,40H2,1-3H3,(H3,41,43,44,48)/t27?,28?,29-,30-,33+/m1/s1. The minimum Gasteiger partial charge on any atom is -0.463 e. The lowest BCUT2D eigenvalue weighted by Crippen LogP contribution is -2.38. The largest absolute Gasteiger partial charge is 0.463 e. The van der Waals surface area contributed by atoms with Crippen molar-refractivity contribution in [3.8, 4) is 0 Å². The molecule has 3 rings (SSSR count). The normalized spacial score (nSPS) is 18.3. The number of esters is 3. The van der Waals surface area contributed by atoms with Crippen LogP contribution in [0.2, 0.25) is 0 Å². The van der Waals surface area contributed by atoms with Crippen LogP contribution in [-0.2, 0) is 33.3 Å². The third-order valence-electron chi connectivity index (χ3n) is 9.69. The highest BCUT2D eigenvalue weighted by molar-refractivity contribution is 5.76. The summed E-state index contributed by atoms with van der Waals surface area (Å²) < 4.78 is 38.4. The Bertz CT molecular complexity index is 1450. The lowest BCUT2D eigenvalue weighted by Gasteiger charge is -2.20. The number of ether oxygens (including phenoxy) is 4. The molecule has 5 N–H and O–H groups in total. The highest BCUT2D eigenvalue weighted by Gasteiger charge is 2.38. The van der Waals surface area contributed by atoms with Crippen molar-refractivity contribution in [3.05, 3.63) is 16.7 Å². The molecule has 5 atom stereocenters. The molecule has 15 heteroatoms. The molecular weight excluding hydrogens is 687 g/mol. The molecule has 53 heavy (non-hydrogen) atoms. The Balaban J connectivity index is 1.36. The van der Waals surface area contributed by atoms with Gasteiger partial charge in [0, 0.05) is 19.3 Å². The fourth-order valence-corrected chi connectivity index (χ4v) is 6.29. The number of nitrogen functional groups attached to an aromatic ring is 1. The van der Waals surface area contributed by atoms with Crippen LogP contribution in [0.5, 0.6) is 0 Å². The Hall–Kier alpha value is -3.59. The van der Waals surface area contributed by atoms with Crippen molar-refractivity contribution in [2.24, 2.45) is 11.7 Å². The first-order valence-corrected chi connectivity index (χ1v) is 19.8. The molecule has 1 saturated heterocycles. The van der Waals surface area contributed by atoms with Crippen molar-refractivity contribution in [3.63, 3.8) is 0 Å². The van der Waals surface area contributed by atoms with Crippen molar-refractivity contribution in [2.45, 2.75) is 173 Å². The van der Waals surface area contributed by atoms with E-state index in [0.29, 0.717) is 6.42 Å². The van der Waals surface area contributed by atoms with Gasteiger partial charge in [-0.25, -0.2) is 9.37 Å². The van der Waals surface area contributed by atoms with Gasteiger partial charge < -0.3 is 30.4 Å². The molecule has 0 radical (unpaired) electrons. The molecule has 2 aromatic rings. The van der Waals surface area contributed by atoms with Gasteiger partial charge in [0.2, 0.25) is 5.95 Å². The zero-order valence-corrected chi connectivity index (χ0v) is 32.0. The highest BCUT2D eigenvalue weighted by Crippen LogP contribution is 2.32. The molecule has 300 valence electrons. The summed E-state index contributed by atoms with van der Waals surface area (Å²) in [4.78, 5) is 60.3. The predicted octanol–water partition coefficient (Wildman–Crippen LogP) is 6.35. The van der Waals surface area contributed by atoms with E-state index in [0.717, 1.165) is 19.3 Å². The van der Waals surface area contributed by atoms with E-state index in [9.17, 15) is 23.6 Å². The average molecular weight is 751 g/mol. The Labute approximate surface area is 312 Å². The van der Waals surface area contributed by atoms with Crippen LogP contribution >= 0.6 is 0 Å². The van der Waals surface area contributed by atoms with Gasteiger partial charge in [-0.05, 0) is 18.8 Å². The zero-order chi connectivity index (χ0) is 38.6. The SMILES string of the molecule is CCCCCCCCCCCCCCCCCC(=O)OC(CCC(=O)OC[C@H]1O[C@@H](n2cnc3c(=O)[nH]c(N)nc32)CC1F)COC(=O)[C@@H](N)C(C)C. The lowest BCUT2D eigenvalue weighted by molar-refractivity contribution is -0.162. The Morgan fingerprint density at radius 3 is 2.15 bits per heavy atom. The van der Waals surface area contributed by atoms with Crippen LogP contribution in [0.1, 0.15) is 149 Å². The van der Waals surface area contributed by atoms with E-state index in [4.69, 9.17) is 30.4 Å². The predicted molar refractivity (Wildman–Crippen MR) is 199 cm³/mol. The summed E-state index contributed by atoms with van der Waals surface area (Å²) in [5.41, 5.74) is 11.2. The van der Waals surface area contributed by atoms with Crippen molar-refractivity contribution in [1.82, 2.24) is 19.5 Å². The van der Waals surface area contributed by atoms with Gasteiger partial charge in [0.05, 0.1) is 6.33 Å². The summed E-state index contributed by atoms with van der Waals surface area (Å²) in [6.07, 6.45) is 15.4. The van der Waals surface area contributed by atoms with Crippen LogP contribution < -0.4 is 17.0 Å². The minimum absolute atomic E-state index is 0.0312. The minimum atomic E-state index is -1.47. The number of aromatic nitrogens is 4. The fraction of sp³-hybridized carbons (Fsp3) is 0.789. The second-order valence-electron chi connectivity index (χ2n) is 14.6. The number of carbonyl (C=O) groups is 3. The number of carbonyl (C=O) groups excluding carboxylic acids is 3. The summed E-state index contributed by atoms with van der Waals surface area (Å²) in [5, 5.41) is 0. The summed E-state index contributed by atoms with van der Waals surface area (Å²) in [6.45, 7) is 5.22. The summed E-state index contributed by atoms with van der Waals surface area (Å²) in [7, 11) is 0. The maximum atomic E-state index is 14.9. The number of nitrogens with zero attached hydrogens (tertiary/aromatic N) is 3. The zero-order valence-electron chi connectivity index (χ0n) is 32.0. The molecule has 3 heterocycles. The van der Waals surface area contributed by atoms with Crippen LogP contribution in [0.15, 0.2) is 11.1 Å². The number of nitrogens with two attached hydrogens (primary N) is 2. The second-order valence-corrected chi connectivity index (χ2v) is 14.6. The molecule has 0 spiro atoms. The van der Waals surface area contributed by atoms with E-state index in [2.05, 4.69) is 21.9 Å². The number of rotatable bonds is 27. The maximum Gasteiger partial charge on any atom is 0.323 e. The molecule has 1 aliphatic heterocycles. The molecule has 0 bridgehead atoms. The number of nitrogens with one attached hydrogen (secondary N) is 1. The van der Waals surface area contributed by atoms with Gasteiger partial charge in [0.25, 0.3) is 5.56 Å². The number of unbranched alkanes of at least 4 members (excludes halogenated alkanes) is 14. The average Bonchev–Trinajstić information content (AvgIpc) is 3.72. The third-order valence-corrected chi connectivity index (χ3v) is 9.69. The number of hydrogen-bond donors (Lipinski definition) is 3. The Kier molecular flexibility index (Phi) is 19.8. The van der Waals surface area contributed by atoms with Gasteiger partial charge in [-0.1, -0.05) is 111 Å². The van der Waals surface area contributed by atoms with Crippen LogP contribution in [0.25, 0.3) is 11.2 Å². The molecule has 1 aliphatic rings. The van der Waals surface area contributed by atoms with Crippen LogP contribution in [0.4, 0.5) is 10.3 Å². The number of hydrogen-bond acceptors (Lipinski definition) is 12. The quantitative estimate of drug-likeness (QED) is 0.0519. The Morgan fingerprint density at radius 1 is 0.943 bits per heavy atom. The van der Waals surface area contributed by atoms with Gasteiger partial charge in [0.15, 0.2) is 11.2 Å². The monoisotopic (exact) mass is 750 g/mol. The van der Waals surface area contributed by atoms with Gasteiger partial charge in [-0.2, -0.15) is 4.98 Å². The summed E-state index contributed by atoms with van der Waals surface area (Å²) >= 11 is 0. The van der Waals surface area contributed by atoms with Gasteiger partial charge in [0.1, 0.15) is 43.9 Å².